The zero-order valence-corrected chi connectivity index (χ0v) is 13.9. The number of nitrogens with zero attached hydrogens (tertiary/aromatic N) is 2. The lowest BCUT2D eigenvalue weighted by atomic mass is 9.82. The van der Waals surface area contributed by atoms with Crippen molar-refractivity contribution in [2.45, 2.75) is 58.3 Å². The fraction of sp³-hybridized carbons (Fsp3) is 0.824. The second-order valence-corrected chi connectivity index (χ2v) is 6.28. The van der Waals surface area contributed by atoms with Crippen molar-refractivity contribution in [2.75, 3.05) is 20.1 Å². The Kier molecular flexibility index (Phi) is 8.57. The normalized spacial score (nSPS) is 16.6. The molecule has 0 aromatic rings. The van der Waals surface area contributed by atoms with Gasteiger partial charge in [-0.05, 0) is 18.8 Å². The summed E-state index contributed by atoms with van der Waals surface area (Å²) in [4.78, 5) is 26.6. The topological polar surface area (TPSA) is 73.2 Å². The van der Waals surface area contributed by atoms with Gasteiger partial charge in [-0.3, -0.25) is 9.59 Å². The number of hydrogen-bond donors (Lipinski definition) is 1. The van der Waals surface area contributed by atoms with Crippen LogP contribution in [0.5, 0.6) is 0 Å². The highest BCUT2D eigenvalue weighted by atomic mass is 16.2. The van der Waals surface area contributed by atoms with Crippen LogP contribution in [0.1, 0.15) is 58.3 Å². The van der Waals surface area contributed by atoms with Crippen molar-refractivity contribution >= 4 is 11.8 Å². The molecule has 1 unspecified atom stereocenters. The van der Waals surface area contributed by atoms with Gasteiger partial charge in [0.2, 0.25) is 11.8 Å². The molecule has 0 spiro atoms. The molecule has 22 heavy (non-hydrogen) atoms. The molecule has 1 saturated carbocycles. The molecule has 1 aliphatic carbocycles. The Bertz CT molecular complexity index is 397. The summed E-state index contributed by atoms with van der Waals surface area (Å²) in [6, 6.07) is 1.90. The highest BCUT2D eigenvalue weighted by molar-refractivity contribution is 6.00. The summed E-state index contributed by atoms with van der Waals surface area (Å²) < 4.78 is 0. The fourth-order valence-electron chi connectivity index (χ4n) is 3.10. The van der Waals surface area contributed by atoms with Crippen LogP contribution < -0.4 is 5.32 Å². The van der Waals surface area contributed by atoms with Crippen molar-refractivity contribution in [1.82, 2.24) is 10.2 Å². The smallest absolute Gasteiger partial charge is 0.234 e. The summed E-state index contributed by atoms with van der Waals surface area (Å²) in [5.74, 6) is -0.580. The van der Waals surface area contributed by atoms with Crippen molar-refractivity contribution in [3.05, 3.63) is 0 Å². The van der Waals surface area contributed by atoms with E-state index >= 15 is 0 Å². The van der Waals surface area contributed by atoms with Crippen LogP contribution in [-0.2, 0) is 9.59 Å². The molecule has 1 fully saturated rings. The number of unbranched alkanes of at least 4 members (excludes halogenated alkanes) is 1. The van der Waals surface area contributed by atoms with E-state index in [4.69, 9.17) is 5.26 Å². The van der Waals surface area contributed by atoms with E-state index in [1.54, 1.807) is 11.9 Å². The average Bonchev–Trinajstić information content (AvgIpc) is 2.55. The first-order chi connectivity index (χ1) is 10.6. The molecule has 0 aliphatic heterocycles. The number of amides is 2. The maximum atomic E-state index is 12.6. The minimum Gasteiger partial charge on any atom is -0.345 e. The first-order valence-electron chi connectivity index (χ1n) is 8.49. The molecule has 0 heterocycles. The molecular weight excluding hydrogens is 278 g/mol. The highest BCUT2D eigenvalue weighted by Crippen LogP contribution is 2.29. The summed E-state index contributed by atoms with van der Waals surface area (Å²) in [6.45, 7) is 2.73. The number of carbonyl (C=O) groups excluding carboxylic acids is 2. The van der Waals surface area contributed by atoms with Crippen molar-refractivity contribution in [2.24, 2.45) is 11.8 Å². The van der Waals surface area contributed by atoms with Gasteiger partial charge >= 0.3 is 0 Å². The lowest BCUT2D eigenvalue weighted by Gasteiger charge is -2.28. The summed E-state index contributed by atoms with van der Waals surface area (Å²) in [7, 11) is 1.77. The van der Waals surface area contributed by atoms with Crippen LogP contribution >= 0.6 is 0 Å². The van der Waals surface area contributed by atoms with Gasteiger partial charge in [-0.1, -0.05) is 45.4 Å². The predicted molar refractivity (Wildman–Crippen MR) is 85.8 cm³/mol. The lowest BCUT2D eigenvalue weighted by molar-refractivity contribution is -0.142. The maximum absolute atomic E-state index is 12.6. The van der Waals surface area contributed by atoms with Gasteiger partial charge in [-0.2, -0.15) is 5.26 Å². The Balaban J connectivity index is 2.69. The summed E-state index contributed by atoms with van der Waals surface area (Å²) in [6.07, 6.45) is 8.43. The van der Waals surface area contributed by atoms with Crippen LogP contribution in [0.25, 0.3) is 0 Å². The molecule has 5 nitrogen and oxygen atoms in total. The van der Waals surface area contributed by atoms with Gasteiger partial charge in [0.25, 0.3) is 0 Å². The fourth-order valence-corrected chi connectivity index (χ4v) is 3.10. The van der Waals surface area contributed by atoms with Crippen molar-refractivity contribution in [3.63, 3.8) is 0 Å². The highest BCUT2D eigenvalue weighted by Gasteiger charge is 2.31. The zero-order chi connectivity index (χ0) is 16.4. The Morgan fingerprint density at radius 3 is 2.59 bits per heavy atom. The molecule has 1 atom stereocenters. The molecule has 1 aliphatic rings. The van der Waals surface area contributed by atoms with Crippen molar-refractivity contribution in [1.29, 1.82) is 5.26 Å². The largest absolute Gasteiger partial charge is 0.345 e. The van der Waals surface area contributed by atoms with E-state index in [9.17, 15) is 9.59 Å². The molecule has 124 valence electrons. The summed E-state index contributed by atoms with van der Waals surface area (Å²) in [5.41, 5.74) is 0. The molecular formula is C17H29N3O2. The Morgan fingerprint density at radius 2 is 2.00 bits per heavy atom. The third-order valence-electron chi connectivity index (χ3n) is 4.47. The van der Waals surface area contributed by atoms with Gasteiger partial charge in [-0.15, -0.1) is 0 Å². The lowest BCUT2D eigenvalue weighted by Crippen LogP contribution is -2.43. The second kappa shape index (κ2) is 10.2. The Morgan fingerprint density at radius 1 is 1.32 bits per heavy atom. The van der Waals surface area contributed by atoms with E-state index < -0.39 is 5.92 Å². The van der Waals surface area contributed by atoms with Gasteiger partial charge < -0.3 is 10.2 Å². The first-order valence-corrected chi connectivity index (χ1v) is 8.49. The van der Waals surface area contributed by atoms with Crippen LogP contribution in [0.15, 0.2) is 0 Å². The van der Waals surface area contributed by atoms with E-state index in [2.05, 4.69) is 12.2 Å². The minimum absolute atomic E-state index is 0.0358. The third-order valence-corrected chi connectivity index (χ3v) is 4.47. The van der Waals surface area contributed by atoms with E-state index in [-0.39, 0.29) is 18.4 Å². The van der Waals surface area contributed by atoms with Crippen LogP contribution in [0, 0.1) is 23.2 Å². The van der Waals surface area contributed by atoms with Crippen LogP contribution in [0.2, 0.25) is 0 Å². The number of carbonyl (C=O) groups is 2. The molecule has 0 aromatic carbocycles. The van der Waals surface area contributed by atoms with Crippen LogP contribution in [-0.4, -0.2) is 36.9 Å². The van der Waals surface area contributed by atoms with Crippen LogP contribution in [0.3, 0.4) is 0 Å². The van der Waals surface area contributed by atoms with Gasteiger partial charge in [0.15, 0.2) is 0 Å². The maximum Gasteiger partial charge on any atom is 0.234 e. The number of hydrogen-bond acceptors (Lipinski definition) is 3. The van der Waals surface area contributed by atoms with Gasteiger partial charge in [0.1, 0.15) is 12.5 Å². The summed E-state index contributed by atoms with van der Waals surface area (Å²) in [5, 5.41) is 11.2. The standard InChI is InChI=1S/C17H29N3O2/c1-3-4-12-20(2)17(22)15(16(21)19-11-10-18)13-14-8-6-5-7-9-14/h14-15H,3-9,11-13H2,1-2H3,(H,19,21). The average molecular weight is 307 g/mol. The molecule has 0 aromatic heterocycles. The summed E-state index contributed by atoms with van der Waals surface area (Å²) >= 11 is 0. The van der Waals surface area contributed by atoms with E-state index in [1.807, 2.05) is 6.07 Å². The van der Waals surface area contributed by atoms with E-state index in [0.717, 1.165) is 25.7 Å². The minimum atomic E-state index is -0.640. The first kappa shape index (κ1) is 18.5. The van der Waals surface area contributed by atoms with Gasteiger partial charge in [0.05, 0.1) is 6.07 Å². The number of rotatable bonds is 8. The Hall–Kier alpha value is -1.57. The van der Waals surface area contributed by atoms with Crippen molar-refractivity contribution < 1.29 is 9.59 Å². The predicted octanol–water partition coefficient (Wildman–Crippen LogP) is 2.47. The SMILES string of the molecule is CCCCN(C)C(=O)C(CC1CCCCC1)C(=O)NCC#N. The number of nitriles is 1. The van der Waals surface area contributed by atoms with E-state index in [0.29, 0.717) is 18.9 Å². The monoisotopic (exact) mass is 307 g/mol. The second-order valence-electron chi connectivity index (χ2n) is 6.28. The van der Waals surface area contributed by atoms with Crippen LogP contribution in [0.4, 0.5) is 0 Å². The molecule has 0 bridgehead atoms. The number of nitrogens with one attached hydrogen (secondary N) is 1. The third kappa shape index (κ3) is 6.05. The molecule has 5 heteroatoms. The van der Waals surface area contributed by atoms with Crippen molar-refractivity contribution in [3.8, 4) is 6.07 Å². The van der Waals surface area contributed by atoms with Gasteiger partial charge in [0, 0.05) is 13.6 Å². The molecule has 0 radical (unpaired) electrons. The molecule has 1 rings (SSSR count). The molecule has 0 saturated heterocycles. The zero-order valence-electron chi connectivity index (χ0n) is 13.9. The Labute approximate surface area is 134 Å². The quantitative estimate of drug-likeness (QED) is 0.553. The molecule has 1 N–H and O–H groups in total. The van der Waals surface area contributed by atoms with E-state index in [1.165, 1.54) is 19.3 Å². The van der Waals surface area contributed by atoms with Gasteiger partial charge in [-0.25, -0.2) is 0 Å². The molecule has 2 amide bonds.